The fourth-order valence-electron chi connectivity index (χ4n) is 2.15. The first kappa shape index (κ1) is 16.1. The van der Waals surface area contributed by atoms with Gasteiger partial charge in [-0.05, 0) is 23.3 Å². The number of nitrogens with one attached hydrogen (secondary N) is 1. The molecular weight excluding hydrogens is 274 g/mol. The van der Waals surface area contributed by atoms with Gasteiger partial charge in [-0.2, -0.15) is 0 Å². The van der Waals surface area contributed by atoms with E-state index in [4.69, 9.17) is 4.74 Å². The number of carbonyl (C=O) groups excluding carboxylic acids is 1. The second kappa shape index (κ2) is 6.65. The third kappa shape index (κ3) is 3.88. The van der Waals surface area contributed by atoms with Gasteiger partial charge in [0.15, 0.2) is 0 Å². The fourth-order valence-corrected chi connectivity index (χ4v) is 2.15. The van der Waals surface area contributed by atoms with Gasteiger partial charge in [-0.1, -0.05) is 63.2 Å². The molecule has 1 N–H and O–H groups in total. The van der Waals surface area contributed by atoms with Gasteiger partial charge in [0.25, 0.3) is 0 Å². The smallest absolute Gasteiger partial charge is 0.226 e. The summed E-state index contributed by atoms with van der Waals surface area (Å²) in [4.78, 5) is 12.4. The molecule has 0 aromatic heterocycles. The molecule has 3 nitrogen and oxygen atoms in total. The number of ether oxygens (including phenoxy) is 1. The van der Waals surface area contributed by atoms with E-state index in [2.05, 4.69) is 5.32 Å². The minimum Gasteiger partial charge on any atom is -0.497 e. The van der Waals surface area contributed by atoms with Crippen LogP contribution >= 0.6 is 0 Å². The normalized spacial score (nSPS) is 12.5. The highest BCUT2D eigenvalue weighted by Gasteiger charge is 2.25. The summed E-state index contributed by atoms with van der Waals surface area (Å²) in [5.41, 5.74) is 1.66. The summed E-state index contributed by atoms with van der Waals surface area (Å²) in [6, 6.07) is 17.6. The van der Waals surface area contributed by atoms with E-state index >= 15 is 0 Å². The summed E-state index contributed by atoms with van der Waals surface area (Å²) in [5, 5.41) is 3.15. The molecule has 0 unspecified atom stereocenters. The molecule has 1 amide bonds. The third-order valence-electron chi connectivity index (χ3n) is 3.54. The Morgan fingerprint density at radius 3 is 2.00 bits per heavy atom. The van der Waals surface area contributed by atoms with E-state index in [0.29, 0.717) is 0 Å². The van der Waals surface area contributed by atoms with E-state index in [1.165, 1.54) is 0 Å². The number of rotatable bonds is 4. The van der Waals surface area contributed by atoms with E-state index < -0.39 is 5.41 Å². The van der Waals surface area contributed by atoms with Crippen LogP contribution in [0.1, 0.15) is 37.9 Å². The summed E-state index contributed by atoms with van der Waals surface area (Å²) < 4.78 is 5.20. The molecule has 0 saturated heterocycles. The van der Waals surface area contributed by atoms with Crippen molar-refractivity contribution in [2.75, 3.05) is 7.11 Å². The molecule has 22 heavy (non-hydrogen) atoms. The van der Waals surface area contributed by atoms with Crippen LogP contribution in [0.2, 0.25) is 0 Å². The molecule has 0 aliphatic rings. The average molecular weight is 297 g/mol. The minimum atomic E-state index is -0.431. The van der Waals surface area contributed by atoms with Gasteiger partial charge in [0.1, 0.15) is 5.75 Å². The number of hydrogen-bond donors (Lipinski definition) is 1. The quantitative estimate of drug-likeness (QED) is 0.928. The number of carbonyl (C=O) groups is 1. The van der Waals surface area contributed by atoms with Crippen LogP contribution in [0.4, 0.5) is 0 Å². The predicted octanol–water partition coefficient (Wildman–Crippen LogP) is 3.95. The lowest BCUT2D eigenvalue weighted by molar-refractivity contribution is -0.129. The Labute approximate surface area is 132 Å². The van der Waals surface area contributed by atoms with Crippen molar-refractivity contribution in [3.8, 4) is 5.75 Å². The number of benzene rings is 2. The summed E-state index contributed by atoms with van der Waals surface area (Å²) in [6.45, 7) is 5.75. The molecule has 0 fully saturated rings. The highest BCUT2D eigenvalue weighted by molar-refractivity contribution is 5.82. The zero-order valence-electron chi connectivity index (χ0n) is 13.6. The van der Waals surface area contributed by atoms with Crippen LogP contribution < -0.4 is 10.1 Å². The average Bonchev–Trinajstić information content (AvgIpc) is 2.52. The van der Waals surface area contributed by atoms with Crippen molar-refractivity contribution in [2.24, 2.45) is 5.41 Å². The zero-order chi connectivity index (χ0) is 16.2. The Kier molecular flexibility index (Phi) is 4.86. The predicted molar refractivity (Wildman–Crippen MR) is 88.9 cm³/mol. The molecule has 0 aliphatic heterocycles. The Hall–Kier alpha value is -2.29. The first-order valence-electron chi connectivity index (χ1n) is 7.41. The number of methoxy groups -OCH3 is 1. The fraction of sp³-hybridized carbons (Fsp3) is 0.316. The molecule has 0 bridgehead atoms. The Bertz CT molecular complexity index is 612. The summed E-state index contributed by atoms with van der Waals surface area (Å²) in [7, 11) is 1.64. The van der Waals surface area contributed by atoms with Crippen molar-refractivity contribution in [3.05, 3.63) is 65.7 Å². The van der Waals surface area contributed by atoms with Crippen molar-refractivity contribution in [3.63, 3.8) is 0 Å². The summed E-state index contributed by atoms with van der Waals surface area (Å²) in [6.07, 6.45) is 0. The zero-order valence-corrected chi connectivity index (χ0v) is 13.6. The molecule has 116 valence electrons. The lowest BCUT2D eigenvalue weighted by Gasteiger charge is -2.25. The standard InChI is InChI=1S/C19H23NO2/c1-19(2,3)18(21)20-17(14-8-6-5-7-9-14)15-10-12-16(22-4)13-11-15/h5-13,17H,1-4H3,(H,20,21)/t17-/m1/s1. The van der Waals surface area contributed by atoms with Gasteiger partial charge in [-0.3, -0.25) is 4.79 Å². The second-order valence-corrected chi connectivity index (χ2v) is 6.34. The van der Waals surface area contributed by atoms with Gasteiger partial charge in [0.2, 0.25) is 5.91 Å². The molecule has 1 atom stereocenters. The monoisotopic (exact) mass is 297 g/mol. The molecule has 2 aromatic carbocycles. The molecule has 0 spiro atoms. The van der Waals surface area contributed by atoms with E-state index in [9.17, 15) is 4.79 Å². The Balaban J connectivity index is 2.35. The van der Waals surface area contributed by atoms with Crippen LogP contribution in [0.15, 0.2) is 54.6 Å². The van der Waals surface area contributed by atoms with Crippen molar-refractivity contribution >= 4 is 5.91 Å². The highest BCUT2D eigenvalue weighted by Crippen LogP contribution is 2.26. The Morgan fingerprint density at radius 1 is 0.955 bits per heavy atom. The van der Waals surface area contributed by atoms with Gasteiger partial charge in [0.05, 0.1) is 13.2 Å². The van der Waals surface area contributed by atoms with Crippen molar-refractivity contribution in [2.45, 2.75) is 26.8 Å². The third-order valence-corrected chi connectivity index (χ3v) is 3.54. The molecule has 3 heteroatoms. The van der Waals surface area contributed by atoms with Crippen LogP contribution in [0.5, 0.6) is 5.75 Å². The first-order valence-corrected chi connectivity index (χ1v) is 7.41. The topological polar surface area (TPSA) is 38.3 Å². The lowest BCUT2D eigenvalue weighted by Crippen LogP contribution is -2.37. The van der Waals surface area contributed by atoms with Crippen molar-refractivity contribution < 1.29 is 9.53 Å². The first-order chi connectivity index (χ1) is 10.4. The van der Waals surface area contributed by atoms with E-state index in [-0.39, 0.29) is 11.9 Å². The SMILES string of the molecule is COc1ccc([C@H](NC(=O)C(C)(C)C)c2ccccc2)cc1. The van der Waals surface area contributed by atoms with E-state index in [0.717, 1.165) is 16.9 Å². The summed E-state index contributed by atoms with van der Waals surface area (Å²) >= 11 is 0. The molecular formula is C19H23NO2. The van der Waals surface area contributed by atoms with Gasteiger partial charge in [-0.15, -0.1) is 0 Å². The van der Waals surface area contributed by atoms with Crippen LogP contribution in [-0.2, 0) is 4.79 Å². The second-order valence-electron chi connectivity index (χ2n) is 6.34. The van der Waals surface area contributed by atoms with Crippen LogP contribution in [-0.4, -0.2) is 13.0 Å². The molecule has 2 rings (SSSR count). The van der Waals surface area contributed by atoms with Gasteiger partial charge < -0.3 is 10.1 Å². The van der Waals surface area contributed by atoms with E-state index in [1.807, 2.05) is 75.4 Å². The van der Waals surface area contributed by atoms with Crippen LogP contribution in [0.25, 0.3) is 0 Å². The molecule has 0 aliphatic carbocycles. The van der Waals surface area contributed by atoms with Crippen molar-refractivity contribution in [1.29, 1.82) is 0 Å². The Morgan fingerprint density at radius 2 is 1.50 bits per heavy atom. The van der Waals surface area contributed by atoms with Gasteiger partial charge in [-0.25, -0.2) is 0 Å². The maximum absolute atomic E-state index is 12.4. The maximum Gasteiger partial charge on any atom is 0.226 e. The summed E-state index contributed by atoms with van der Waals surface area (Å²) in [5.74, 6) is 0.829. The van der Waals surface area contributed by atoms with Crippen LogP contribution in [0, 0.1) is 5.41 Å². The number of amides is 1. The lowest BCUT2D eigenvalue weighted by atomic mass is 9.92. The largest absolute Gasteiger partial charge is 0.497 e. The van der Waals surface area contributed by atoms with Crippen LogP contribution in [0.3, 0.4) is 0 Å². The van der Waals surface area contributed by atoms with E-state index in [1.54, 1.807) is 7.11 Å². The molecule has 2 aromatic rings. The minimum absolute atomic E-state index is 0.0252. The molecule has 0 saturated carbocycles. The highest BCUT2D eigenvalue weighted by atomic mass is 16.5. The molecule has 0 radical (unpaired) electrons. The van der Waals surface area contributed by atoms with Crippen molar-refractivity contribution in [1.82, 2.24) is 5.32 Å². The van der Waals surface area contributed by atoms with Gasteiger partial charge in [0, 0.05) is 5.41 Å². The maximum atomic E-state index is 12.4. The number of hydrogen-bond acceptors (Lipinski definition) is 2. The van der Waals surface area contributed by atoms with Gasteiger partial charge >= 0.3 is 0 Å². The molecule has 0 heterocycles.